The third kappa shape index (κ3) is 4.32. The second kappa shape index (κ2) is 7.45. The first kappa shape index (κ1) is 19.3. The van der Waals surface area contributed by atoms with Crippen LogP contribution in [0.5, 0.6) is 0 Å². The highest BCUT2D eigenvalue weighted by atomic mass is 35.5. The van der Waals surface area contributed by atoms with Crippen LogP contribution in [0.4, 0.5) is 14.5 Å². The van der Waals surface area contributed by atoms with Gasteiger partial charge in [0.05, 0.1) is 25.3 Å². The lowest BCUT2D eigenvalue weighted by molar-refractivity contribution is -0.145. The van der Waals surface area contributed by atoms with Gasteiger partial charge in [-0.05, 0) is 25.1 Å². The molecule has 0 aliphatic carbocycles. The van der Waals surface area contributed by atoms with Crippen molar-refractivity contribution in [3.63, 3.8) is 0 Å². The number of nitrogens with one attached hydrogen (secondary N) is 2. The van der Waals surface area contributed by atoms with Crippen LogP contribution in [0.3, 0.4) is 0 Å². The van der Waals surface area contributed by atoms with Crippen LogP contribution in [-0.2, 0) is 20.9 Å². The first-order valence-corrected chi connectivity index (χ1v) is 7.94. The van der Waals surface area contributed by atoms with E-state index in [-0.39, 0.29) is 25.3 Å². The first-order chi connectivity index (χ1) is 11.6. The molecule has 0 fully saturated rings. The van der Waals surface area contributed by atoms with E-state index in [2.05, 4.69) is 0 Å². The van der Waals surface area contributed by atoms with Crippen LogP contribution in [0.2, 0.25) is 5.02 Å². The van der Waals surface area contributed by atoms with Crippen molar-refractivity contribution in [1.82, 2.24) is 0 Å². The summed E-state index contributed by atoms with van der Waals surface area (Å²) in [4.78, 5) is 12.5. The predicted molar refractivity (Wildman–Crippen MR) is 89.8 cm³/mol. The molecule has 0 saturated carbocycles. The van der Waals surface area contributed by atoms with Gasteiger partial charge in [0.1, 0.15) is 11.9 Å². The minimum absolute atomic E-state index is 0.0403. The fourth-order valence-electron chi connectivity index (χ4n) is 2.40. The maximum atomic E-state index is 13.8. The van der Waals surface area contributed by atoms with E-state index in [1.165, 1.54) is 18.2 Å². The topological polar surface area (TPSA) is 86.5 Å². The zero-order chi connectivity index (χ0) is 18.8. The number of ether oxygens (including phenoxy) is 2. The number of anilines is 1. The molecule has 0 saturated heterocycles. The van der Waals surface area contributed by atoms with Crippen LogP contribution in [0, 0.1) is 10.8 Å². The monoisotopic (exact) mass is 373 g/mol. The number of rotatable bonds is 4. The van der Waals surface area contributed by atoms with Crippen molar-refractivity contribution in [2.45, 2.75) is 38.9 Å². The summed E-state index contributed by atoms with van der Waals surface area (Å²) in [5, 5.41) is 16.4. The highest BCUT2D eigenvalue weighted by Gasteiger charge is 2.40. The van der Waals surface area contributed by atoms with Gasteiger partial charge in [-0.2, -0.15) is 8.78 Å². The van der Waals surface area contributed by atoms with Crippen molar-refractivity contribution in [3.05, 3.63) is 28.8 Å². The van der Waals surface area contributed by atoms with Crippen molar-refractivity contribution in [2.75, 3.05) is 11.5 Å². The Morgan fingerprint density at radius 1 is 1.52 bits per heavy atom. The SMILES string of the molecule is CCOC(=O)C[C@@H]1OCc2cc(Cl)ccc2N(C(=N)C(C)(F)F)C1=N. The van der Waals surface area contributed by atoms with Crippen molar-refractivity contribution in [1.29, 1.82) is 10.8 Å². The molecule has 9 heteroatoms. The van der Waals surface area contributed by atoms with Crippen LogP contribution in [0.25, 0.3) is 0 Å². The van der Waals surface area contributed by atoms with Gasteiger partial charge in [0.15, 0.2) is 5.84 Å². The second-order valence-corrected chi connectivity index (χ2v) is 5.98. The summed E-state index contributed by atoms with van der Waals surface area (Å²) in [5.74, 6) is -5.61. The molecule has 6 nitrogen and oxygen atoms in total. The van der Waals surface area contributed by atoms with E-state index in [9.17, 15) is 13.6 Å². The van der Waals surface area contributed by atoms with E-state index >= 15 is 0 Å². The number of halogens is 3. The number of carbonyl (C=O) groups excluding carboxylic acids is 1. The summed E-state index contributed by atoms with van der Waals surface area (Å²) < 4.78 is 37.9. The molecule has 1 aromatic rings. The molecule has 136 valence electrons. The van der Waals surface area contributed by atoms with Crippen LogP contribution < -0.4 is 4.90 Å². The van der Waals surface area contributed by atoms with Gasteiger partial charge >= 0.3 is 11.9 Å². The van der Waals surface area contributed by atoms with Crippen molar-refractivity contribution in [3.8, 4) is 0 Å². The number of benzene rings is 1. The molecule has 0 aromatic heterocycles. The van der Waals surface area contributed by atoms with E-state index in [1.54, 1.807) is 6.92 Å². The fraction of sp³-hybridized carbons (Fsp3) is 0.438. The maximum absolute atomic E-state index is 13.8. The van der Waals surface area contributed by atoms with E-state index in [4.69, 9.17) is 31.9 Å². The summed E-state index contributed by atoms with van der Waals surface area (Å²) in [5.41, 5.74) is 0.643. The summed E-state index contributed by atoms with van der Waals surface area (Å²) in [6.07, 6.45) is -1.43. The molecule has 2 N–H and O–H groups in total. The number of alkyl halides is 2. The number of hydrogen-bond acceptors (Lipinski definition) is 5. The summed E-state index contributed by atoms with van der Waals surface area (Å²) in [6.45, 7) is 2.32. The predicted octanol–water partition coefficient (Wildman–Crippen LogP) is 3.61. The Morgan fingerprint density at radius 3 is 2.80 bits per heavy atom. The standard InChI is InChI=1S/C16H18ClF2N3O3/c1-3-24-13(23)7-12-14(20)22(15(21)16(2,18)19)11-5-4-10(17)6-9(11)8-25-12/h4-6,12,20-21H,3,7-8H2,1-2H3/t12-/m0/s1. The number of carbonyl (C=O) groups is 1. The van der Waals surface area contributed by atoms with Crippen molar-refractivity contribution >= 4 is 34.9 Å². The van der Waals surface area contributed by atoms with Gasteiger partial charge in [0.25, 0.3) is 0 Å². The van der Waals surface area contributed by atoms with Crippen LogP contribution >= 0.6 is 11.6 Å². The maximum Gasteiger partial charge on any atom is 0.308 e. The number of nitrogens with zero attached hydrogens (tertiary/aromatic N) is 1. The smallest absolute Gasteiger partial charge is 0.308 e. The Kier molecular flexibility index (Phi) is 5.74. The molecule has 0 spiro atoms. The normalized spacial score (nSPS) is 17.7. The zero-order valence-corrected chi connectivity index (χ0v) is 14.5. The number of esters is 1. The largest absolute Gasteiger partial charge is 0.466 e. The average Bonchev–Trinajstić information content (AvgIpc) is 2.64. The minimum atomic E-state index is -3.48. The average molecular weight is 374 g/mol. The van der Waals surface area contributed by atoms with E-state index in [0.29, 0.717) is 17.5 Å². The van der Waals surface area contributed by atoms with Gasteiger partial charge in [0, 0.05) is 17.5 Å². The molecule has 1 aliphatic heterocycles. The van der Waals surface area contributed by atoms with Crippen LogP contribution in [0.15, 0.2) is 18.2 Å². The van der Waals surface area contributed by atoms with E-state index in [1.807, 2.05) is 0 Å². The molecule has 0 unspecified atom stereocenters. The Labute approximate surface area is 148 Å². The van der Waals surface area contributed by atoms with Crippen molar-refractivity contribution < 1.29 is 23.0 Å². The molecular weight excluding hydrogens is 356 g/mol. The summed E-state index contributed by atoms with van der Waals surface area (Å²) in [6, 6.07) is 4.45. The molecule has 2 rings (SSSR count). The van der Waals surface area contributed by atoms with Gasteiger partial charge in [0.2, 0.25) is 0 Å². The van der Waals surface area contributed by atoms with Gasteiger partial charge in [-0.25, -0.2) is 0 Å². The molecule has 1 heterocycles. The Bertz CT molecular complexity index is 706. The molecule has 1 aromatic carbocycles. The van der Waals surface area contributed by atoms with E-state index in [0.717, 1.165) is 4.90 Å². The number of hydrogen-bond donors (Lipinski definition) is 2. The van der Waals surface area contributed by atoms with E-state index < -0.39 is 29.7 Å². The summed E-state index contributed by atoms with van der Waals surface area (Å²) in [7, 11) is 0. The van der Waals surface area contributed by atoms with Gasteiger partial charge in [-0.1, -0.05) is 11.6 Å². The number of fused-ring (bicyclic) bond motifs is 1. The highest BCUT2D eigenvalue weighted by Crippen LogP contribution is 2.32. The van der Waals surface area contributed by atoms with Gasteiger partial charge in [-0.3, -0.25) is 20.5 Å². The zero-order valence-electron chi connectivity index (χ0n) is 13.7. The quantitative estimate of drug-likeness (QED) is 0.479. The lowest BCUT2D eigenvalue weighted by Crippen LogP contribution is -2.49. The van der Waals surface area contributed by atoms with Gasteiger partial charge in [-0.15, -0.1) is 0 Å². The fourth-order valence-corrected chi connectivity index (χ4v) is 2.59. The molecule has 0 amide bonds. The van der Waals surface area contributed by atoms with Crippen molar-refractivity contribution in [2.24, 2.45) is 0 Å². The number of amidine groups is 2. The third-order valence-corrected chi connectivity index (χ3v) is 3.80. The first-order valence-electron chi connectivity index (χ1n) is 7.56. The molecule has 25 heavy (non-hydrogen) atoms. The molecule has 0 radical (unpaired) electrons. The van der Waals surface area contributed by atoms with Crippen LogP contribution in [-0.4, -0.2) is 36.3 Å². The highest BCUT2D eigenvalue weighted by molar-refractivity contribution is 6.31. The molecular formula is C16H18ClF2N3O3. The summed E-state index contributed by atoms with van der Waals surface area (Å²) >= 11 is 5.94. The molecule has 1 aliphatic rings. The minimum Gasteiger partial charge on any atom is -0.466 e. The molecule has 0 bridgehead atoms. The Hall–Kier alpha value is -2.06. The lowest BCUT2D eigenvalue weighted by atomic mass is 10.1. The molecule has 1 atom stereocenters. The van der Waals surface area contributed by atoms with Crippen LogP contribution in [0.1, 0.15) is 25.8 Å². The third-order valence-electron chi connectivity index (χ3n) is 3.57. The Balaban J connectivity index is 2.44. The lowest BCUT2D eigenvalue weighted by Gasteiger charge is -2.30. The van der Waals surface area contributed by atoms with Gasteiger partial charge < -0.3 is 9.47 Å². The Morgan fingerprint density at radius 2 is 2.20 bits per heavy atom. The second-order valence-electron chi connectivity index (χ2n) is 5.54.